The van der Waals surface area contributed by atoms with Crippen LogP contribution in [-0.2, 0) is 21.2 Å². The van der Waals surface area contributed by atoms with E-state index in [0.717, 1.165) is 32.5 Å². The van der Waals surface area contributed by atoms with E-state index in [1.54, 1.807) is 4.31 Å². The first kappa shape index (κ1) is 21.9. The van der Waals surface area contributed by atoms with E-state index in [4.69, 9.17) is 9.90 Å². The molecule has 1 N–H and O–H groups in total. The highest BCUT2D eigenvalue weighted by molar-refractivity contribution is 7.88. The SMILES string of the molecule is CC(C)CN1CC2CN(S(C)(=O)=O)CC2(CCc2ccccc2)C1.O=CO. The minimum atomic E-state index is -3.09. The van der Waals surface area contributed by atoms with E-state index >= 15 is 0 Å². The molecule has 3 rings (SSSR count). The Hall–Kier alpha value is -1.44. The van der Waals surface area contributed by atoms with Gasteiger partial charge in [0.25, 0.3) is 6.47 Å². The summed E-state index contributed by atoms with van der Waals surface area (Å²) < 4.78 is 25.8. The van der Waals surface area contributed by atoms with Crippen LogP contribution in [-0.4, -0.2) is 68.2 Å². The van der Waals surface area contributed by atoms with Gasteiger partial charge < -0.3 is 10.0 Å². The smallest absolute Gasteiger partial charge is 0.290 e. The third-order valence-corrected chi connectivity index (χ3v) is 6.86. The summed E-state index contributed by atoms with van der Waals surface area (Å²) in [6, 6.07) is 10.6. The molecule has 0 aromatic heterocycles. The predicted molar refractivity (Wildman–Crippen MR) is 107 cm³/mol. The number of likely N-dealkylation sites (tertiary alicyclic amines) is 1. The summed E-state index contributed by atoms with van der Waals surface area (Å²) in [6.45, 7) is 8.84. The molecule has 0 spiro atoms. The van der Waals surface area contributed by atoms with Gasteiger partial charge in [0.05, 0.1) is 6.26 Å². The van der Waals surface area contributed by atoms with Crippen molar-refractivity contribution in [2.75, 3.05) is 39.0 Å². The first-order valence-electron chi connectivity index (χ1n) is 9.49. The van der Waals surface area contributed by atoms with Crippen LogP contribution < -0.4 is 0 Å². The van der Waals surface area contributed by atoms with Gasteiger partial charge in [0.1, 0.15) is 0 Å². The average molecular weight is 397 g/mol. The minimum Gasteiger partial charge on any atom is -0.483 e. The Bertz CT molecular complexity index is 708. The molecule has 2 saturated heterocycles. The van der Waals surface area contributed by atoms with Gasteiger partial charge in [0, 0.05) is 38.1 Å². The Morgan fingerprint density at radius 2 is 1.85 bits per heavy atom. The number of carbonyl (C=O) groups is 1. The number of carboxylic acid groups (broad SMARTS) is 1. The van der Waals surface area contributed by atoms with Crippen LogP contribution in [0.1, 0.15) is 25.8 Å². The number of hydrogen-bond donors (Lipinski definition) is 1. The summed E-state index contributed by atoms with van der Waals surface area (Å²) >= 11 is 0. The fraction of sp³-hybridized carbons (Fsp3) is 0.650. The Balaban J connectivity index is 0.000000817. The van der Waals surface area contributed by atoms with Crippen molar-refractivity contribution in [1.82, 2.24) is 9.21 Å². The molecule has 7 heteroatoms. The van der Waals surface area contributed by atoms with Crippen molar-refractivity contribution in [3.05, 3.63) is 35.9 Å². The van der Waals surface area contributed by atoms with Gasteiger partial charge in [-0.1, -0.05) is 44.2 Å². The molecule has 1 aromatic rings. The van der Waals surface area contributed by atoms with Gasteiger partial charge in [0.15, 0.2) is 0 Å². The molecule has 0 amide bonds. The molecule has 0 aliphatic carbocycles. The van der Waals surface area contributed by atoms with Gasteiger partial charge in [-0.05, 0) is 30.2 Å². The molecule has 6 nitrogen and oxygen atoms in total. The molecule has 2 heterocycles. The van der Waals surface area contributed by atoms with Crippen molar-refractivity contribution in [2.45, 2.75) is 26.7 Å². The van der Waals surface area contributed by atoms with Crippen LogP contribution in [0.4, 0.5) is 0 Å². The van der Waals surface area contributed by atoms with Gasteiger partial charge in [-0.3, -0.25) is 4.79 Å². The number of sulfonamides is 1. The van der Waals surface area contributed by atoms with Crippen molar-refractivity contribution < 1.29 is 18.3 Å². The average Bonchev–Trinajstić information content (AvgIpc) is 3.08. The number of benzene rings is 1. The van der Waals surface area contributed by atoms with Crippen LogP contribution in [0.3, 0.4) is 0 Å². The summed E-state index contributed by atoms with van der Waals surface area (Å²) in [5.74, 6) is 1.12. The Labute approximate surface area is 163 Å². The number of aryl methyl sites for hydroxylation is 1. The Kier molecular flexibility index (Phi) is 7.42. The second kappa shape index (κ2) is 9.17. The molecule has 1 aromatic carbocycles. The van der Waals surface area contributed by atoms with Crippen molar-refractivity contribution in [3.63, 3.8) is 0 Å². The van der Waals surface area contributed by atoms with Gasteiger partial charge in [-0.15, -0.1) is 0 Å². The van der Waals surface area contributed by atoms with E-state index in [-0.39, 0.29) is 11.9 Å². The summed E-state index contributed by atoms with van der Waals surface area (Å²) in [7, 11) is -3.09. The third kappa shape index (κ3) is 5.77. The zero-order valence-electron chi connectivity index (χ0n) is 16.5. The summed E-state index contributed by atoms with van der Waals surface area (Å²) in [4.78, 5) is 10.9. The van der Waals surface area contributed by atoms with Gasteiger partial charge in [0.2, 0.25) is 10.0 Å². The van der Waals surface area contributed by atoms with Gasteiger partial charge >= 0.3 is 0 Å². The van der Waals surface area contributed by atoms with E-state index in [0.29, 0.717) is 24.9 Å². The second-order valence-electron chi connectivity index (χ2n) is 8.29. The first-order chi connectivity index (χ1) is 12.7. The highest BCUT2D eigenvalue weighted by Crippen LogP contribution is 2.46. The molecule has 27 heavy (non-hydrogen) atoms. The summed E-state index contributed by atoms with van der Waals surface area (Å²) in [5.41, 5.74) is 1.47. The highest BCUT2D eigenvalue weighted by Gasteiger charge is 2.53. The molecule has 2 fully saturated rings. The Morgan fingerprint density at radius 3 is 2.41 bits per heavy atom. The van der Waals surface area contributed by atoms with E-state index in [1.165, 1.54) is 11.8 Å². The maximum Gasteiger partial charge on any atom is 0.290 e. The van der Waals surface area contributed by atoms with E-state index in [2.05, 4.69) is 43.0 Å². The fourth-order valence-corrected chi connectivity index (χ4v) is 5.49. The van der Waals surface area contributed by atoms with E-state index in [1.807, 2.05) is 6.07 Å². The predicted octanol–water partition coefficient (Wildman–Crippen LogP) is 2.17. The lowest BCUT2D eigenvalue weighted by molar-refractivity contribution is -0.122. The van der Waals surface area contributed by atoms with Crippen molar-refractivity contribution in [2.24, 2.45) is 17.3 Å². The topological polar surface area (TPSA) is 77.9 Å². The molecule has 2 aliphatic rings. The number of hydrogen-bond acceptors (Lipinski definition) is 4. The van der Waals surface area contributed by atoms with Crippen molar-refractivity contribution in [1.29, 1.82) is 0 Å². The molecular weight excluding hydrogens is 364 g/mol. The zero-order chi connectivity index (χ0) is 20.1. The van der Waals surface area contributed by atoms with Crippen LogP contribution in [0, 0.1) is 17.3 Å². The first-order valence-corrected chi connectivity index (χ1v) is 11.3. The van der Waals surface area contributed by atoms with Crippen molar-refractivity contribution >= 4 is 16.5 Å². The lowest BCUT2D eigenvalue weighted by atomic mass is 9.76. The molecule has 0 radical (unpaired) electrons. The van der Waals surface area contributed by atoms with Crippen LogP contribution >= 0.6 is 0 Å². The molecule has 2 aliphatic heterocycles. The molecule has 2 unspecified atom stereocenters. The van der Waals surface area contributed by atoms with Crippen LogP contribution in [0.25, 0.3) is 0 Å². The molecule has 152 valence electrons. The standard InChI is InChI=1S/C19H30N2O2S.CH2O2/c1-16(2)11-20-12-18-13-21(24(3,22)23)15-19(18,14-20)10-9-17-7-5-4-6-8-17;2-1-3/h4-8,16,18H,9-15H2,1-3H3;1H,(H,2,3). The largest absolute Gasteiger partial charge is 0.483 e. The summed E-state index contributed by atoms with van der Waals surface area (Å²) in [6.07, 6.45) is 3.46. The van der Waals surface area contributed by atoms with Crippen LogP contribution in [0.2, 0.25) is 0 Å². The number of rotatable bonds is 6. The maximum atomic E-state index is 12.1. The van der Waals surface area contributed by atoms with E-state index < -0.39 is 10.0 Å². The monoisotopic (exact) mass is 396 g/mol. The quantitative estimate of drug-likeness (QED) is 0.746. The number of nitrogens with zero attached hydrogens (tertiary/aromatic N) is 2. The van der Waals surface area contributed by atoms with Crippen LogP contribution in [0.5, 0.6) is 0 Å². The molecule has 0 saturated carbocycles. The van der Waals surface area contributed by atoms with Crippen LogP contribution in [0.15, 0.2) is 30.3 Å². The molecule has 0 bridgehead atoms. The molecule has 2 atom stereocenters. The lowest BCUT2D eigenvalue weighted by Crippen LogP contribution is -2.37. The minimum absolute atomic E-state index is 0.119. The second-order valence-corrected chi connectivity index (χ2v) is 10.3. The summed E-state index contributed by atoms with van der Waals surface area (Å²) in [5, 5.41) is 6.89. The lowest BCUT2D eigenvalue weighted by Gasteiger charge is -2.30. The zero-order valence-corrected chi connectivity index (χ0v) is 17.4. The Morgan fingerprint density at radius 1 is 1.22 bits per heavy atom. The number of fused-ring (bicyclic) bond motifs is 1. The van der Waals surface area contributed by atoms with E-state index in [9.17, 15) is 8.42 Å². The van der Waals surface area contributed by atoms with Crippen molar-refractivity contribution in [3.8, 4) is 0 Å². The molecular formula is C20H32N2O4S. The highest BCUT2D eigenvalue weighted by atomic mass is 32.2. The van der Waals surface area contributed by atoms with Gasteiger partial charge in [-0.2, -0.15) is 0 Å². The van der Waals surface area contributed by atoms with Gasteiger partial charge in [-0.25, -0.2) is 12.7 Å². The third-order valence-electron chi connectivity index (χ3n) is 5.65. The fourth-order valence-electron chi connectivity index (χ4n) is 4.54. The normalized spacial score (nSPS) is 25.9. The maximum absolute atomic E-state index is 12.1.